The topological polar surface area (TPSA) is 45.7 Å². The van der Waals surface area contributed by atoms with Gasteiger partial charge in [-0.05, 0) is 32.4 Å². The van der Waals surface area contributed by atoms with Gasteiger partial charge in [0.25, 0.3) is 0 Å². The molecule has 0 spiro atoms. The third-order valence-corrected chi connectivity index (χ3v) is 4.34. The molecule has 17 heavy (non-hydrogen) atoms. The maximum absolute atomic E-state index is 5.02. The van der Waals surface area contributed by atoms with E-state index in [0.29, 0.717) is 11.4 Å². The molecule has 1 aliphatic rings. The van der Waals surface area contributed by atoms with Crippen molar-refractivity contribution in [3.05, 3.63) is 0 Å². The fraction of sp³-hybridized carbons (Fsp3) is 0.917. The lowest BCUT2D eigenvalue weighted by atomic mass is 10.1. The minimum Gasteiger partial charge on any atom is -0.383 e. The molecule has 0 amide bonds. The van der Waals surface area contributed by atoms with E-state index in [2.05, 4.69) is 29.5 Å². The van der Waals surface area contributed by atoms with Crippen LogP contribution in [0.15, 0.2) is 4.99 Å². The largest absolute Gasteiger partial charge is 0.383 e. The lowest BCUT2D eigenvalue weighted by Gasteiger charge is -2.21. The molecule has 1 heterocycles. The molecule has 0 saturated carbocycles. The van der Waals surface area contributed by atoms with Crippen molar-refractivity contribution in [2.45, 2.75) is 31.4 Å². The molecule has 1 fully saturated rings. The summed E-state index contributed by atoms with van der Waals surface area (Å²) in [6.45, 7) is 7.68. The third-order valence-electron chi connectivity index (χ3n) is 2.81. The van der Waals surface area contributed by atoms with Crippen LogP contribution >= 0.6 is 11.8 Å². The first-order valence-corrected chi connectivity index (χ1v) is 7.34. The number of nitrogens with one attached hydrogen (secondary N) is 2. The number of methoxy groups -OCH3 is 1. The average molecular weight is 259 g/mol. The van der Waals surface area contributed by atoms with Crippen molar-refractivity contribution in [2.24, 2.45) is 4.99 Å². The summed E-state index contributed by atoms with van der Waals surface area (Å²) in [5.41, 5.74) is 0. The Balaban J connectivity index is 2.38. The van der Waals surface area contributed by atoms with Crippen molar-refractivity contribution in [3.8, 4) is 0 Å². The van der Waals surface area contributed by atoms with Crippen LogP contribution in [0.1, 0.15) is 26.7 Å². The van der Waals surface area contributed by atoms with Gasteiger partial charge in [0.15, 0.2) is 5.96 Å². The fourth-order valence-corrected chi connectivity index (χ4v) is 3.05. The molecule has 4 nitrogen and oxygen atoms in total. The monoisotopic (exact) mass is 259 g/mol. The lowest BCUT2D eigenvalue weighted by Crippen LogP contribution is -2.40. The fourth-order valence-electron chi connectivity index (χ4n) is 1.82. The molecule has 2 N–H and O–H groups in total. The summed E-state index contributed by atoms with van der Waals surface area (Å²) in [4.78, 5) is 4.66. The summed E-state index contributed by atoms with van der Waals surface area (Å²) in [7, 11) is 1.71. The smallest absolute Gasteiger partial charge is 0.191 e. The van der Waals surface area contributed by atoms with Crippen LogP contribution in [0.25, 0.3) is 0 Å². The van der Waals surface area contributed by atoms with E-state index in [1.54, 1.807) is 7.11 Å². The molecule has 1 aliphatic heterocycles. The predicted molar refractivity (Wildman–Crippen MR) is 76.0 cm³/mol. The highest BCUT2D eigenvalue weighted by molar-refractivity contribution is 8.00. The molecular weight excluding hydrogens is 234 g/mol. The summed E-state index contributed by atoms with van der Waals surface area (Å²) in [6.07, 6.45) is 2.60. The highest BCUT2D eigenvalue weighted by Crippen LogP contribution is 2.37. The van der Waals surface area contributed by atoms with Gasteiger partial charge in [-0.3, -0.25) is 4.99 Å². The van der Waals surface area contributed by atoms with Crippen molar-refractivity contribution in [2.75, 3.05) is 39.1 Å². The number of hydrogen-bond donors (Lipinski definition) is 2. The Morgan fingerprint density at radius 1 is 1.47 bits per heavy atom. The Morgan fingerprint density at radius 3 is 2.88 bits per heavy atom. The summed E-state index contributed by atoms with van der Waals surface area (Å²) in [6, 6.07) is 0. The number of rotatable bonds is 6. The molecule has 1 rings (SSSR count). The molecule has 5 heteroatoms. The van der Waals surface area contributed by atoms with Crippen LogP contribution < -0.4 is 10.6 Å². The first kappa shape index (κ1) is 14.6. The quantitative estimate of drug-likeness (QED) is 0.431. The summed E-state index contributed by atoms with van der Waals surface area (Å²) >= 11 is 2.05. The molecule has 0 aromatic heterocycles. The number of thioether (sulfide) groups is 1. The second-order valence-corrected chi connectivity index (χ2v) is 6.20. The number of nitrogens with zero attached hydrogens (tertiary/aromatic N) is 1. The molecule has 1 unspecified atom stereocenters. The molecule has 0 bridgehead atoms. The van der Waals surface area contributed by atoms with E-state index < -0.39 is 0 Å². The molecule has 0 aliphatic carbocycles. The van der Waals surface area contributed by atoms with E-state index in [9.17, 15) is 0 Å². The second-order valence-electron chi connectivity index (χ2n) is 4.52. The van der Waals surface area contributed by atoms with Gasteiger partial charge in [0.1, 0.15) is 0 Å². The van der Waals surface area contributed by atoms with Crippen molar-refractivity contribution in [1.29, 1.82) is 0 Å². The SMILES string of the molecule is CCNC(=NCC1(C)CCCS1)NCCOC. The number of ether oxygens (including phenoxy) is 1. The lowest BCUT2D eigenvalue weighted by molar-refractivity contribution is 0.203. The Labute approximate surface area is 109 Å². The summed E-state index contributed by atoms with van der Waals surface area (Å²) in [5.74, 6) is 2.18. The van der Waals surface area contributed by atoms with Gasteiger partial charge in [0.05, 0.1) is 13.2 Å². The van der Waals surface area contributed by atoms with Gasteiger partial charge in [-0.1, -0.05) is 0 Å². The number of hydrogen-bond acceptors (Lipinski definition) is 3. The summed E-state index contributed by atoms with van der Waals surface area (Å²) in [5, 5.41) is 6.52. The standard InChI is InChI=1S/C12H25N3OS/c1-4-13-11(14-7-8-16-3)15-10-12(2)6-5-9-17-12/h4-10H2,1-3H3,(H2,13,14,15). The van der Waals surface area contributed by atoms with Crippen LogP contribution in [0.3, 0.4) is 0 Å². The minimum absolute atomic E-state index is 0.337. The van der Waals surface area contributed by atoms with Gasteiger partial charge >= 0.3 is 0 Å². The average Bonchev–Trinajstić information content (AvgIpc) is 2.74. The van der Waals surface area contributed by atoms with Gasteiger partial charge in [0, 0.05) is 24.9 Å². The van der Waals surface area contributed by atoms with Gasteiger partial charge in [-0.15, -0.1) is 0 Å². The highest BCUT2D eigenvalue weighted by Gasteiger charge is 2.29. The molecule has 0 aromatic rings. The van der Waals surface area contributed by atoms with E-state index in [-0.39, 0.29) is 0 Å². The van der Waals surface area contributed by atoms with Gasteiger partial charge < -0.3 is 15.4 Å². The van der Waals surface area contributed by atoms with E-state index in [0.717, 1.165) is 25.6 Å². The Hall–Kier alpha value is -0.420. The number of aliphatic imine (C=N–C) groups is 1. The van der Waals surface area contributed by atoms with Crippen molar-refractivity contribution >= 4 is 17.7 Å². The first-order chi connectivity index (χ1) is 8.20. The van der Waals surface area contributed by atoms with Crippen LogP contribution in [0.2, 0.25) is 0 Å². The van der Waals surface area contributed by atoms with Crippen LogP contribution in [0.4, 0.5) is 0 Å². The van der Waals surface area contributed by atoms with E-state index in [4.69, 9.17) is 4.74 Å². The Morgan fingerprint density at radius 2 is 2.29 bits per heavy atom. The normalized spacial score (nSPS) is 25.0. The molecule has 100 valence electrons. The van der Waals surface area contributed by atoms with Crippen molar-refractivity contribution < 1.29 is 4.74 Å². The summed E-state index contributed by atoms with van der Waals surface area (Å²) < 4.78 is 5.36. The van der Waals surface area contributed by atoms with Crippen LogP contribution in [-0.2, 0) is 4.74 Å². The number of guanidine groups is 1. The van der Waals surface area contributed by atoms with Crippen LogP contribution in [-0.4, -0.2) is 49.8 Å². The minimum atomic E-state index is 0.337. The Bertz CT molecular complexity index is 240. The maximum atomic E-state index is 5.02. The first-order valence-electron chi connectivity index (χ1n) is 6.35. The van der Waals surface area contributed by atoms with Crippen LogP contribution in [0, 0.1) is 0 Å². The molecular formula is C12H25N3OS. The molecule has 1 saturated heterocycles. The highest BCUT2D eigenvalue weighted by atomic mass is 32.2. The second kappa shape index (κ2) is 7.82. The van der Waals surface area contributed by atoms with Crippen molar-refractivity contribution in [3.63, 3.8) is 0 Å². The van der Waals surface area contributed by atoms with Gasteiger partial charge in [-0.25, -0.2) is 0 Å². The third kappa shape index (κ3) is 5.64. The predicted octanol–water partition coefficient (Wildman–Crippen LogP) is 1.47. The van der Waals surface area contributed by atoms with E-state index in [1.807, 2.05) is 11.8 Å². The zero-order valence-electron chi connectivity index (χ0n) is 11.2. The van der Waals surface area contributed by atoms with E-state index in [1.165, 1.54) is 18.6 Å². The zero-order valence-corrected chi connectivity index (χ0v) is 12.0. The zero-order chi connectivity index (χ0) is 12.6. The van der Waals surface area contributed by atoms with Gasteiger partial charge in [-0.2, -0.15) is 11.8 Å². The Kier molecular flexibility index (Phi) is 6.73. The van der Waals surface area contributed by atoms with Crippen molar-refractivity contribution in [1.82, 2.24) is 10.6 Å². The molecule has 0 radical (unpaired) electrons. The molecule has 0 aromatic carbocycles. The molecule has 1 atom stereocenters. The van der Waals surface area contributed by atoms with Crippen LogP contribution in [0.5, 0.6) is 0 Å². The maximum Gasteiger partial charge on any atom is 0.191 e. The van der Waals surface area contributed by atoms with Gasteiger partial charge in [0.2, 0.25) is 0 Å². The van der Waals surface area contributed by atoms with E-state index >= 15 is 0 Å².